The number of carbonyl (C=O) groups excluding carboxylic acids is 1. The van der Waals surface area contributed by atoms with E-state index in [1.165, 1.54) is 49.4 Å². The van der Waals surface area contributed by atoms with Crippen molar-refractivity contribution in [3.8, 4) is 0 Å². The number of anilines is 1. The molecule has 3 rings (SSSR count). The Morgan fingerprint density at radius 3 is 2.28 bits per heavy atom. The maximum atomic E-state index is 14.1. The van der Waals surface area contributed by atoms with Crippen LogP contribution in [0.5, 0.6) is 0 Å². The summed E-state index contributed by atoms with van der Waals surface area (Å²) in [6.07, 6.45) is -4.77. The molecule has 0 N–H and O–H groups in total. The number of alkyl halides is 3. The highest BCUT2D eigenvalue weighted by Crippen LogP contribution is 2.48. The Morgan fingerprint density at radius 1 is 1.10 bits per heavy atom. The van der Waals surface area contributed by atoms with Crippen LogP contribution in [0.15, 0.2) is 47.6 Å². The molecule has 4 nitrogen and oxygen atoms in total. The van der Waals surface area contributed by atoms with Crippen molar-refractivity contribution in [2.24, 2.45) is 11.0 Å². The number of rotatable bonds is 4. The number of halogens is 6. The third kappa shape index (κ3) is 4.47. The van der Waals surface area contributed by atoms with Gasteiger partial charge in [-0.2, -0.15) is 18.3 Å². The molecule has 2 aromatic rings. The van der Waals surface area contributed by atoms with Crippen molar-refractivity contribution in [2.75, 3.05) is 11.6 Å². The summed E-state index contributed by atoms with van der Waals surface area (Å²) in [6.45, 7) is 1.41. The molecular formula is C19H14Cl3F3N2O2. The molecule has 2 aromatic carbocycles. The van der Waals surface area contributed by atoms with Gasteiger partial charge in [0.25, 0.3) is 0 Å². The van der Waals surface area contributed by atoms with E-state index in [0.717, 1.165) is 5.01 Å². The lowest BCUT2D eigenvalue weighted by molar-refractivity contribution is -0.162. The van der Waals surface area contributed by atoms with Gasteiger partial charge >= 0.3 is 12.1 Å². The van der Waals surface area contributed by atoms with E-state index in [0.29, 0.717) is 10.0 Å². The Bertz CT molecular complexity index is 949. The van der Waals surface area contributed by atoms with E-state index in [4.69, 9.17) is 39.5 Å². The largest absolute Gasteiger partial charge is 0.461 e. The van der Waals surface area contributed by atoms with E-state index in [1.54, 1.807) is 0 Å². The second kappa shape index (κ2) is 8.42. The van der Waals surface area contributed by atoms with Crippen LogP contribution in [0.1, 0.15) is 18.5 Å². The van der Waals surface area contributed by atoms with Gasteiger partial charge in [0.05, 0.1) is 23.4 Å². The molecule has 0 saturated heterocycles. The molecule has 0 radical (unpaired) electrons. The highest BCUT2D eigenvalue weighted by molar-refractivity contribution is 6.39. The smallest absolute Gasteiger partial charge is 0.400 e. The maximum absolute atomic E-state index is 14.1. The summed E-state index contributed by atoms with van der Waals surface area (Å²) in [7, 11) is 0. The lowest BCUT2D eigenvalue weighted by Gasteiger charge is -2.30. The lowest BCUT2D eigenvalue weighted by Crippen LogP contribution is -2.39. The number of nitrogens with zero attached hydrogens (tertiary/aromatic N) is 2. The molecule has 154 valence electrons. The Labute approximate surface area is 179 Å². The van der Waals surface area contributed by atoms with Crippen LogP contribution in [0.3, 0.4) is 0 Å². The first-order chi connectivity index (χ1) is 13.6. The van der Waals surface area contributed by atoms with Crippen LogP contribution in [-0.2, 0) is 9.53 Å². The Kier molecular flexibility index (Phi) is 6.31. The molecule has 0 spiro atoms. The summed E-state index contributed by atoms with van der Waals surface area (Å²) in [5.41, 5.74) is -0.319. The van der Waals surface area contributed by atoms with Gasteiger partial charge in [-0.05, 0) is 42.8 Å². The van der Waals surface area contributed by atoms with Gasteiger partial charge in [0, 0.05) is 10.0 Å². The van der Waals surface area contributed by atoms with Crippen molar-refractivity contribution in [2.45, 2.75) is 19.1 Å². The Balaban J connectivity index is 2.20. The molecule has 0 unspecified atom stereocenters. The standard InChI is InChI=1S/C19H14Cl3F3N2O2/c1-2-29-18(28)16-15(19(23,24)25)17(10-3-5-11(20)6-4-10)27(26-16)14-8-7-12(21)9-13(14)22/h3-9,15,17H,2H2,1H3/t15-,17+/m0/s1. The monoisotopic (exact) mass is 464 g/mol. The van der Waals surface area contributed by atoms with Crippen LogP contribution < -0.4 is 5.01 Å². The fourth-order valence-corrected chi connectivity index (χ4v) is 3.72. The minimum Gasteiger partial charge on any atom is -0.461 e. The average molecular weight is 466 g/mol. The van der Waals surface area contributed by atoms with Crippen LogP contribution in [0.4, 0.5) is 18.9 Å². The highest BCUT2D eigenvalue weighted by atomic mass is 35.5. The van der Waals surface area contributed by atoms with E-state index in [9.17, 15) is 18.0 Å². The molecule has 29 heavy (non-hydrogen) atoms. The number of hydrogen-bond acceptors (Lipinski definition) is 4. The zero-order valence-corrected chi connectivity index (χ0v) is 17.1. The number of carbonyl (C=O) groups is 1. The van der Waals surface area contributed by atoms with Gasteiger partial charge < -0.3 is 4.74 Å². The maximum Gasteiger partial charge on any atom is 0.400 e. The van der Waals surface area contributed by atoms with E-state index >= 15 is 0 Å². The molecule has 1 aliphatic heterocycles. The van der Waals surface area contributed by atoms with Gasteiger partial charge in [-0.3, -0.25) is 5.01 Å². The number of ether oxygens (including phenoxy) is 1. The van der Waals surface area contributed by atoms with Crippen molar-refractivity contribution in [1.82, 2.24) is 0 Å². The van der Waals surface area contributed by atoms with Crippen molar-refractivity contribution in [1.29, 1.82) is 0 Å². The first-order valence-electron chi connectivity index (χ1n) is 8.45. The quantitative estimate of drug-likeness (QED) is 0.497. The summed E-state index contributed by atoms with van der Waals surface area (Å²) in [5.74, 6) is -3.36. The number of hydrogen-bond donors (Lipinski definition) is 0. The first-order valence-corrected chi connectivity index (χ1v) is 9.59. The van der Waals surface area contributed by atoms with Crippen LogP contribution in [0.25, 0.3) is 0 Å². The van der Waals surface area contributed by atoms with Gasteiger partial charge in [0.15, 0.2) is 5.71 Å². The fraction of sp³-hybridized carbons (Fsp3) is 0.263. The van der Waals surface area contributed by atoms with Crippen LogP contribution >= 0.6 is 34.8 Å². The number of benzene rings is 2. The van der Waals surface area contributed by atoms with Crippen molar-refractivity contribution >= 4 is 52.2 Å². The number of esters is 1. The molecule has 1 heterocycles. The molecular weight excluding hydrogens is 452 g/mol. The second-order valence-corrected chi connectivity index (χ2v) is 7.44. The average Bonchev–Trinajstić information content (AvgIpc) is 3.03. The summed E-state index contributed by atoms with van der Waals surface area (Å²) >= 11 is 18.0. The van der Waals surface area contributed by atoms with E-state index < -0.39 is 29.8 Å². The summed E-state index contributed by atoms with van der Waals surface area (Å²) < 4.78 is 47.1. The molecule has 0 amide bonds. The minimum atomic E-state index is -4.77. The highest BCUT2D eigenvalue weighted by Gasteiger charge is 2.57. The topological polar surface area (TPSA) is 41.9 Å². The normalized spacial score (nSPS) is 19.3. The van der Waals surface area contributed by atoms with Gasteiger partial charge in [-0.1, -0.05) is 46.9 Å². The van der Waals surface area contributed by atoms with E-state index in [1.807, 2.05) is 0 Å². The van der Waals surface area contributed by atoms with E-state index in [2.05, 4.69) is 5.10 Å². The molecule has 0 fully saturated rings. The van der Waals surface area contributed by atoms with Crippen molar-refractivity contribution < 1.29 is 22.7 Å². The first kappa shape index (κ1) is 21.7. The summed E-state index contributed by atoms with van der Waals surface area (Å²) in [6, 6.07) is 8.75. The molecule has 1 aliphatic rings. The summed E-state index contributed by atoms with van der Waals surface area (Å²) in [4.78, 5) is 12.3. The SMILES string of the molecule is CCOC(=O)C1=NN(c2ccc(Cl)cc2Cl)[C@H](c2ccc(Cl)cc2)[C@H]1C(F)(F)F. The minimum absolute atomic E-state index is 0.0876. The van der Waals surface area contributed by atoms with E-state index in [-0.39, 0.29) is 22.9 Å². The molecule has 0 aliphatic carbocycles. The predicted molar refractivity (Wildman–Crippen MR) is 107 cm³/mol. The van der Waals surface area contributed by atoms with Crippen LogP contribution in [-0.4, -0.2) is 24.5 Å². The van der Waals surface area contributed by atoms with Crippen molar-refractivity contribution in [3.63, 3.8) is 0 Å². The van der Waals surface area contributed by atoms with Crippen LogP contribution in [0.2, 0.25) is 15.1 Å². The molecule has 2 atom stereocenters. The van der Waals surface area contributed by atoms with Gasteiger partial charge in [-0.15, -0.1) is 0 Å². The molecule has 0 saturated carbocycles. The van der Waals surface area contributed by atoms with Gasteiger partial charge in [0.1, 0.15) is 5.92 Å². The Morgan fingerprint density at radius 2 is 1.72 bits per heavy atom. The van der Waals surface area contributed by atoms with Gasteiger partial charge in [0.2, 0.25) is 0 Å². The predicted octanol–water partition coefficient (Wildman–Crippen LogP) is 6.31. The van der Waals surface area contributed by atoms with Gasteiger partial charge in [-0.25, -0.2) is 4.79 Å². The third-order valence-corrected chi connectivity index (χ3v) is 5.08. The Hall–Kier alpha value is -1.96. The van der Waals surface area contributed by atoms with Crippen LogP contribution in [0, 0.1) is 5.92 Å². The fourth-order valence-electron chi connectivity index (χ4n) is 3.10. The number of hydrazone groups is 1. The second-order valence-electron chi connectivity index (χ2n) is 6.16. The zero-order valence-electron chi connectivity index (χ0n) is 14.9. The summed E-state index contributed by atoms with van der Waals surface area (Å²) in [5, 5.41) is 5.82. The third-order valence-electron chi connectivity index (χ3n) is 4.29. The van der Waals surface area contributed by atoms with Crippen molar-refractivity contribution in [3.05, 3.63) is 63.1 Å². The molecule has 10 heteroatoms. The molecule has 0 bridgehead atoms. The lowest BCUT2D eigenvalue weighted by atomic mass is 9.89. The molecule has 0 aromatic heterocycles. The zero-order chi connectivity index (χ0) is 21.3.